The van der Waals surface area contributed by atoms with E-state index >= 15 is 0 Å². The second kappa shape index (κ2) is 7.67. The number of carbonyl (C=O) groups is 1. The molecule has 0 spiro atoms. The van der Waals surface area contributed by atoms with Gasteiger partial charge in [0.1, 0.15) is 5.75 Å². The van der Waals surface area contributed by atoms with Crippen molar-refractivity contribution in [2.45, 2.75) is 13.5 Å². The Morgan fingerprint density at radius 1 is 1.41 bits per heavy atom. The molecule has 1 aromatic heterocycles. The monoisotopic (exact) mass is 303 g/mol. The van der Waals surface area contributed by atoms with E-state index in [1.165, 1.54) is 6.92 Å². The fraction of sp³-hybridized carbons (Fsp3) is 0.214. The number of rotatable bonds is 4. The van der Waals surface area contributed by atoms with Gasteiger partial charge in [-0.15, -0.1) is 0 Å². The van der Waals surface area contributed by atoms with Crippen molar-refractivity contribution in [1.82, 2.24) is 15.4 Å². The van der Waals surface area contributed by atoms with Crippen LogP contribution in [0.3, 0.4) is 0 Å². The molecule has 8 heteroatoms. The summed E-state index contributed by atoms with van der Waals surface area (Å²) in [6.07, 6.45) is 3.25. The number of benzene rings is 1. The van der Waals surface area contributed by atoms with Crippen molar-refractivity contribution in [2.24, 2.45) is 4.99 Å². The van der Waals surface area contributed by atoms with Crippen LogP contribution >= 0.6 is 0 Å². The number of imidazole rings is 1. The molecule has 0 saturated carbocycles. The zero-order valence-corrected chi connectivity index (χ0v) is 12.3. The number of guanidine groups is 1. The number of H-pyrrole nitrogens is 1. The summed E-state index contributed by atoms with van der Waals surface area (Å²) in [5, 5.41) is 2.88. The third-order valence-corrected chi connectivity index (χ3v) is 2.63. The number of anilines is 1. The molecule has 0 saturated heterocycles. The van der Waals surface area contributed by atoms with Crippen LogP contribution in [0.2, 0.25) is 0 Å². The molecule has 0 unspecified atom stereocenters. The highest BCUT2D eigenvalue weighted by molar-refractivity contribution is 5.92. The minimum Gasteiger partial charge on any atom is -0.496 e. The number of nitrogens with zero attached hydrogens (tertiary/aromatic N) is 2. The molecule has 2 rings (SSSR count). The van der Waals surface area contributed by atoms with Crippen molar-refractivity contribution in [2.75, 3.05) is 12.4 Å². The second-order valence-corrected chi connectivity index (χ2v) is 4.24. The molecule has 0 aliphatic carbocycles. The van der Waals surface area contributed by atoms with E-state index < -0.39 is 5.97 Å². The lowest BCUT2D eigenvalue weighted by Gasteiger charge is -2.10. The molecule has 0 aliphatic rings. The topological polar surface area (TPSA) is 101 Å². The Kier molecular flexibility index (Phi) is 5.36. The summed E-state index contributed by atoms with van der Waals surface area (Å²) in [6, 6.07) is 7.53. The van der Waals surface area contributed by atoms with Gasteiger partial charge in [0.05, 0.1) is 13.7 Å². The van der Waals surface area contributed by atoms with Gasteiger partial charge in [-0.1, -0.05) is 18.2 Å². The molecule has 8 nitrogen and oxygen atoms in total. The number of carbonyl (C=O) groups excluding carboxylic acids is 1. The highest BCUT2D eigenvalue weighted by atomic mass is 16.7. The van der Waals surface area contributed by atoms with E-state index in [9.17, 15) is 4.79 Å². The average Bonchev–Trinajstić information content (AvgIpc) is 3.03. The van der Waals surface area contributed by atoms with Gasteiger partial charge in [0, 0.05) is 24.9 Å². The van der Waals surface area contributed by atoms with Gasteiger partial charge in [0.25, 0.3) is 0 Å². The van der Waals surface area contributed by atoms with Gasteiger partial charge < -0.3 is 14.6 Å². The van der Waals surface area contributed by atoms with E-state index in [0.717, 1.165) is 11.3 Å². The Labute approximate surface area is 127 Å². The quantitative estimate of drug-likeness (QED) is 0.449. The van der Waals surface area contributed by atoms with Crippen molar-refractivity contribution in [3.8, 4) is 5.75 Å². The summed E-state index contributed by atoms with van der Waals surface area (Å²) >= 11 is 0. The molecule has 1 heterocycles. The van der Waals surface area contributed by atoms with Crippen molar-refractivity contribution < 1.29 is 14.4 Å². The molecule has 0 bridgehead atoms. The van der Waals surface area contributed by atoms with Gasteiger partial charge in [-0.2, -0.15) is 5.48 Å². The zero-order chi connectivity index (χ0) is 15.8. The zero-order valence-electron chi connectivity index (χ0n) is 12.3. The van der Waals surface area contributed by atoms with E-state index in [1.54, 1.807) is 19.5 Å². The summed E-state index contributed by atoms with van der Waals surface area (Å²) in [5.74, 6) is 0.969. The lowest BCUT2D eigenvalue weighted by molar-refractivity contribution is -0.145. The first-order valence-electron chi connectivity index (χ1n) is 6.55. The molecular weight excluding hydrogens is 286 g/mol. The summed E-state index contributed by atoms with van der Waals surface area (Å²) in [4.78, 5) is 26.9. The molecule has 22 heavy (non-hydrogen) atoms. The molecule has 3 N–H and O–H groups in total. The Hall–Kier alpha value is -3.03. The van der Waals surface area contributed by atoms with E-state index in [0.29, 0.717) is 12.5 Å². The number of nitrogens with one attached hydrogen (secondary N) is 3. The van der Waals surface area contributed by atoms with Crippen LogP contribution in [0.25, 0.3) is 0 Å². The molecule has 0 fully saturated rings. The summed E-state index contributed by atoms with van der Waals surface area (Å²) in [7, 11) is 1.60. The third-order valence-electron chi connectivity index (χ3n) is 2.63. The Morgan fingerprint density at radius 2 is 2.23 bits per heavy atom. The number of ether oxygens (including phenoxy) is 1. The standard InChI is InChI=1S/C14H17N5O3/c1-10(20)22-19-14(18-13-15-7-8-16-13)17-9-11-5-3-4-6-12(11)21-2/h3-8H,9H2,1-2H3,(H3,15,16,17,18,19). The van der Waals surface area contributed by atoms with Crippen LogP contribution in [0.15, 0.2) is 41.7 Å². The number of para-hydroxylation sites is 1. The highest BCUT2D eigenvalue weighted by Gasteiger charge is 2.05. The molecule has 1 aromatic carbocycles. The van der Waals surface area contributed by atoms with Gasteiger partial charge in [-0.25, -0.2) is 9.98 Å². The van der Waals surface area contributed by atoms with Crippen LogP contribution < -0.4 is 15.5 Å². The first-order valence-corrected chi connectivity index (χ1v) is 6.55. The fourth-order valence-corrected chi connectivity index (χ4v) is 1.66. The Balaban J connectivity index is 2.10. The van der Waals surface area contributed by atoms with Gasteiger partial charge >= 0.3 is 5.97 Å². The maximum atomic E-state index is 10.9. The van der Waals surface area contributed by atoms with Gasteiger partial charge in [-0.05, 0) is 6.07 Å². The van der Waals surface area contributed by atoms with Gasteiger partial charge in [-0.3, -0.25) is 10.1 Å². The van der Waals surface area contributed by atoms with Crippen molar-refractivity contribution >= 4 is 17.9 Å². The summed E-state index contributed by atoms with van der Waals surface area (Å²) in [5.41, 5.74) is 3.35. The van der Waals surface area contributed by atoms with E-state index in [-0.39, 0.29) is 5.96 Å². The SMILES string of the molecule is COc1ccccc1CN=C(NOC(C)=O)Nc1ncc[nH]1. The molecular formula is C14H17N5O3. The molecule has 2 aromatic rings. The van der Waals surface area contributed by atoms with E-state index in [4.69, 9.17) is 9.57 Å². The number of aromatic nitrogens is 2. The number of aliphatic imine (C=N–C) groups is 1. The number of hydrogen-bond donors (Lipinski definition) is 3. The molecule has 0 radical (unpaired) electrons. The number of hydrogen-bond acceptors (Lipinski definition) is 5. The smallest absolute Gasteiger partial charge is 0.329 e. The predicted octanol–water partition coefficient (Wildman–Crippen LogP) is 1.45. The number of aromatic amines is 1. The van der Waals surface area contributed by atoms with Crippen molar-refractivity contribution in [1.29, 1.82) is 0 Å². The molecule has 0 atom stereocenters. The molecule has 116 valence electrons. The third kappa shape index (κ3) is 4.51. The average molecular weight is 303 g/mol. The normalized spacial score (nSPS) is 10.9. The fourth-order valence-electron chi connectivity index (χ4n) is 1.66. The van der Waals surface area contributed by atoms with Crippen molar-refractivity contribution in [3.63, 3.8) is 0 Å². The highest BCUT2D eigenvalue weighted by Crippen LogP contribution is 2.17. The van der Waals surface area contributed by atoms with Crippen LogP contribution in [-0.2, 0) is 16.2 Å². The number of hydroxylamine groups is 1. The maximum Gasteiger partial charge on any atom is 0.329 e. The van der Waals surface area contributed by atoms with Gasteiger partial charge in [0.15, 0.2) is 0 Å². The Morgan fingerprint density at radius 3 is 2.91 bits per heavy atom. The van der Waals surface area contributed by atoms with Crippen LogP contribution in [0, 0.1) is 0 Å². The van der Waals surface area contributed by atoms with E-state index in [2.05, 4.69) is 25.8 Å². The first-order chi connectivity index (χ1) is 10.7. The summed E-state index contributed by atoms with van der Waals surface area (Å²) < 4.78 is 5.27. The molecule has 0 amide bonds. The second-order valence-electron chi connectivity index (χ2n) is 4.24. The van der Waals surface area contributed by atoms with Crippen LogP contribution in [0.4, 0.5) is 5.95 Å². The minimum atomic E-state index is -0.480. The van der Waals surface area contributed by atoms with Crippen LogP contribution in [-0.4, -0.2) is 29.0 Å². The largest absolute Gasteiger partial charge is 0.496 e. The predicted molar refractivity (Wildman–Crippen MR) is 81.2 cm³/mol. The summed E-state index contributed by atoms with van der Waals surface area (Å²) in [6.45, 7) is 1.62. The first kappa shape index (κ1) is 15.4. The maximum absolute atomic E-state index is 10.9. The van der Waals surface area contributed by atoms with Crippen LogP contribution in [0.1, 0.15) is 12.5 Å². The lowest BCUT2D eigenvalue weighted by atomic mass is 10.2. The number of methoxy groups -OCH3 is 1. The minimum absolute atomic E-state index is 0.246. The van der Waals surface area contributed by atoms with E-state index in [1.807, 2.05) is 24.3 Å². The Bertz CT molecular complexity index is 640. The van der Waals surface area contributed by atoms with Crippen LogP contribution in [0.5, 0.6) is 5.75 Å². The van der Waals surface area contributed by atoms with Gasteiger partial charge in [0.2, 0.25) is 11.9 Å². The molecule has 0 aliphatic heterocycles. The van der Waals surface area contributed by atoms with Crippen molar-refractivity contribution in [3.05, 3.63) is 42.2 Å². The lowest BCUT2D eigenvalue weighted by Crippen LogP contribution is -2.32.